The first kappa shape index (κ1) is 13.7. The number of aliphatic hydroxyl groups is 2. The van der Waals surface area contributed by atoms with E-state index in [4.69, 9.17) is 10.2 Å². The van der Waals surface area contributed by atoms with Gasteiger partial charge in [0.2, 0.25) is 0 Å². The van der Waals surface area contributed by atoms with Crippen molar-refractivity contribution in [2.45, 2.75) is 12.6 Å². The molecule has 0 aliphatic carbocycles. The van der Waals surface area contributed by atoms with Crippen molar-refractivity contribution in [3.63, 3.8) is 0 Å². The molecule has 19 heavy (non-hydrogen) atoms. The Morgan fingerprint density at radius 3 is 1.95 bits per heavy atom. The minimum Gasteiger partial charge on any atom is -0.395 e. The van der Waals surface area contributed by atoms with E-state index in [2.05, 4.69) is 41.7 Å². The standard InChI is InChI=1S/C16H19NO2/c18-11-16(12-19)17-10-13-6-8-15(9-7-13)14-4-2-1-3-5-14/h1-9,16-19H,10-12H2. The fraction of sp³-hybridized carbons (Fsp3) is 0.250. The Morgan fingerprint density at radius 1 is 0.789 bits per heavy atom. The fourth-order valence-corrected chi connectivity index (χ4v) is 1.89. The summed E-state index contributed by atoms with van der Waals surface area (Å²) in [6.07, 6.45) is 0. The molecule has 3 heteroatoms. The summed E-state index contributed by atoms with van der Waals surface area (Å²) in [6.45, 7) is 0.526. The van der Waals surface area contributed by atoms with Gasteiger partial charge in [-0.3, -0.25) is 0 Å². The second kappa shape index (κ2) is 7.04. The number of benzene rings is 2. The third-order valence-corrected chi connectivity index (χ3v) is 3.10. The first-order valence-corrected chi connectivity index (χ1v) is 6.43. The van der Waals surface area contributed by atoms with Crippen molar-refractivity contribution in [2.75, 3.05) is 13.2 Å². The van der Waals surface area contributed by atoms with Gasteiger partial charge in [0, 0.05) is 6.54 Å². The van der Waals surface area contributed by atoms with E-state index in [9.17, 15) is 0 Å². The predicted octanol–water partition coefficient (Wildman–Crippen LogP) is 1.80. The van der Waals surface area contributed by atoms with Crippen LogP contribution >= 0.6 is 0 Å². The van der Waals surface area contributed by atoms with Gasteiger partial charge in [0.15, 0.2) is 0 Å². The van der Waals surface area contributed by atoms with Crippen LogP contribution in [0.4, 0.5) is 0 Å². The maximum atomic E-state index is 8.97. The van der Waals surface area contributed by atoms with Gasteiger partial charge >= 0.3 is 0 Å². The van der Waals surface area contributed by atoms with E-state index in [0.717, 1.165) is 5.56 Å². The number of hydrogen-bond donors (Lipinski definition) is 3. The average molecular weight is 257 g/mol. The van der Waals surface area contributed by atoms with E-state index in [-0.39, 0.29) is 19.3 Å². The lowest BCUT2D eigenvalue weighted by molar-refractivity contribution is 0.170. The largest absolute Gasteiger partial charge is 0.395 e. The lowest BCUT2D eigenvalue weighted by Crippen LogP contribution is -2.35. The SMILES string of the molecule is OCC(CO)NCc1ccc(-c2ccccc2)cc1. The summed E-state index contributed by atoms with van der Waals surface area (Å²) in [5.74, 6) is 0. The molecule has 0 bridgehead atoms. The zero-order chi connectivity index (χ0) is 13.5. The molecule has 0 aliphatic heterocycles. The average Bonchev–Trinajstić information content (AvgIpc) is 2.50. The maximum Gasteiger partial charge on any atom is 0.0607 e. The molecule has 2 rings (SSSR count). The topological polar surface area (TPSA) is 52.5 Å². The molecule has 0 amide bonds. The van der Waals surface area contributed by atoms with Crippen LogP contribution in [-0.2, 0) is 6.54 Å². The Morgan fingerprint density at radius 2 is 1.37 bits per heavy atom. The highest BCUT2D eigenvalue weighted by Crippen LogP contribution is 2.19. The van der Waals surface area contributed by atoms with E-state index in [1.54, 1.807) is 0 Å². The molecule has 100 valence electrons. The van der Waals surface area contributed by atoms with Gasteiger partial charge in [-0.25, -0.2) is 0 Å². The van der Waals surface area contributed by atoms with E-state index in [1.807, 2.05) is 18.2 Å². The van der Waals surface area contributed by atoms with E-state index in [1.165, 1.54) is 11.1 Å². The van der Waals surface area contributed by atoms with Gasteiger partial charge in [-0.15, -0.1) is 0 Å². The molecule has 0 spiro atoms. The van der Waals surface area contributed by atoms with Crippen LogP contribution in [0.1, 0.15) is 5.56 Å². The first-order chi connectivity index (χ1) is 9.33. The van der Waals surface area contributed by atoms with Crippen LogP contribution < -0.4 is 5.32 Å². The molecule has 0 aliphatic rings. The third kappa shape index (κ3) is 3.89. The Hall–Kier alpha value is -1.68. The van der Waals surface area contributed by atoms with Crippen LogP contribution in [0.25, 0.3) is 11.1 Å². The van der Waals surface area contributed by atoms with Crippen molar-refractivity contribution in [3.8, 4) is 11.1 Å². The van der Waals surface area contributed by atoms with Gasteiger partial charge in [-0.1, -0.05) is 54.6 Å². The molecule has 3 N–H and O–H groups in total. The van der Waals surface area contributed by atoms with Crippen molar-refractivity contribution in [1.29, 1.82) is 0 Å². The molecule has 0 saturated carbocycles. The zero-order valence-corrected chi connectivity index (χ0v) is 10.8. The maximum absolute atomic E-state index is 8.97. The Bertz CT molecular complexity index is 478. The highest BCUT2D eigenvalue weighted by molar-refractivity contribution is 5.63. The summed E-state index contributed by atoms with van der Waals surface area (Å²) in [4.78, 5) is 0. The highest BCUT2D eigenvalue weighted by Gasteiger charge is 2.04. The van der Waals surface area contributed by atoms with Gasteiger partial charge in [-0.2, -0.15) is 0 Å². The molecular weight excluding hydrogens is 238 g/mol. The molecule has 0 unspecified atom stereocenters. The Kier molecular flexibility index (Phi) is 5.10. The quantitative estimate of drug-likeness (QED) is 0.739. The van der Waals surface area contributed by atoms with Crippen LogP contribution in [-0.4, -0.2) is 29.5 Å². The molecule has 0 heterocycles. The molecule has 0 fully saturated rings. The lowest BCUT2D eigenvalue weighted by atomic mass is 10.0. The molecule has 3 nitrogen and oxygen atoms in total. The number of nitrogens with one attached hydrogen (secondary N) is 1. The lowest BCUT2D eigenvalue weighted by Gasteiger charge is -2.13. The summed E-state index contributed by atoms with van der Waals surface area (Å²) in [5.41, 5.74) is 3.52. The minimum atomic E-state index is -0.256. The van der Waals surface area contributed by atoms with Crippen molar-refractivity contribution >= 4 is 0 Å². The van der Waals surface area contributed by atoms with Crippen LogP contribution in [0.2, 0.25) is 0 Å². The van der Waals surface area contributed by atoms with Crippen molar-refractivity contribution in [3.05, 3.63) is 60.2 Å². The highest BCUT2D eigenvalue weighted by atomic mass is 16.3. The van der Waals surface area contributed by atoms with Crippen molar-refractivity contribution in [2.24, 2.45) is 0 Å². The van der Waals surface area contributed by atoms with Crippen LogP contribution in [0.3, 0.4) is 0 Å². The van der Waals surface area contributed by atoms with Crippen LogP contribution in [0.5, 0.6) is 0 Å². The number of aliphatic hydroxyl groups excluding tert-OH is 2. The second-order valence-electron chi connectivity index (χ2n) is 4.51. The molecule has 0 radical (unpaired) electrons. The van der Waals surface area contributed by atoms with Gasteiger partial charge in [0.25, 0.3) is 0 Å². The van der Waals surface area contributed by atoms with Gasteiger partial charge in [0.1, 0.15) is 0 Å². The summed E-state index contributed by atoms with van der Waals surface area (Å²) >= 11 is 0. The summed E-state index contributed by atoms with van der Waals surface area (Å²) in [7, 11) is 0. The second-order valence-corrected chi connectivity index (χ2v) is 4.51. The molecule has 2 aromatic rings. The van der Waals surface area contributed by atoms with Crippen LogP contribution in [0, 0.1) is 0 Å². The molecule has 0 saturated heterocycles. The van der Waals surface area contributed by atoms with E-state index < -0.39 is 0 Å². The summed E-state index contributed by atoms with van der Waals surface area (Å²) < 4.78 is 0. The predicted molar refractivity (Wildman–Crippen MR) is 76.7 cm³/mol. The van der Waals surface area contributed by atoms with Crippen molar-refractivity contribution in [1.82, 2.24) is 5.32 Å². The number of rotatable bonds is 6. The van der Waals surface area contributed by atoms with Gasteiger partial charge in [-0.05, 0) is 16.7 Å². The third-order valence-electron chi connectivity index (χ3n) is 3.10. The normalized spacial score (nSPS) is 10.9. The Labute approximate surface area is 113 Å². The van der Waals surface area contributed by atoms with E-state index >= 15 is 0 Å². The smallest absolute Gasteiger partial charge is 0.0607 e. The molecule has 0 atom stereocenters. The molecule has 2 aromatic carbocycles. The first-order valence-electron chi connectivity index (χ1n) is 6.43. The van der Waals surface area contributed by atoms with E-state index in [0.29, 0.717) is 6.54 Å². The zero-order valence-electron chi connectivity index (χ0n) is 10.8. The summed E-state index contributed by atoms with van der Waals surface area (Å²) in [6, 6.07) is 18.2. The van der Waals surface area contributed by atoms with Gasteiger partial charge < -0.3 is 15.5 Å². The summed E-state index contributed by atoms with van der Waals surface area (Å²) in [5, 5.41) is 21.0. The minimum absolute atomic E-state index is 0.0569. The van der Waals surface area contributed by atoms with Crippen molar-refractivity contribution < 1.29 is 10.2 Å². The van der Waals surface area contributed by atoms with Crippen LogP contribution in [0.15, 0.2) is 54.6 Å². The molecular formula is C16H19NO2. The fourth-order valence-electron chi connectivity index (χ4n) is 1.89. The number of hydrogen-bond acceptors (Lipinski definition) is 3. The van der Waals surface area contributed by atoms with Gasteiger partial charge in [0.05, 0.1) is 19.3 Å². The molecule has 0 aromatic heterocycles. The Balaban J connectivity index is 1.99. The monoisotopic (exact) mass is 257 g/mol.